The second-order valence-electron chi connectivity index (χ2n) is 10.7. The second kappa shape index (κ2) is 17.5. The normalized spacial score (nSPS) is 12.2. The number of amides is 3. The largest absolute Gasteiger partial charge is 0.489 e. The summed E-state index contributed by atoms with van der Waals surface area (Å²) in [7, 11) is 0. The van der Waals surface area contributed by atoms with Crippen molar-refractivity contribution in [2.24, 2.45) is 11.8 Å². The molecule has 0 heterocycles. The van der Waals surface area contributed by atoms with E-state index in [9.17, 15) is 34.2 Å². The molecule has 0 spiro atoms. The van der Waals surface area contributed by atoms with E-state index in [1.807, 2.05) is 6.92 Å². The van der Waals surface area contributed by atoms with Gasteiger partial charge in [0, 0.05) is 18.7 Å². The van der Waals surface area contributed by atoms with Gasteiger partial charge in [-0.05, 0) is 42.5 Å². The van der Waals surface area contributed by atoms with Crippen LogP contribution in [-0.2, 0) is 32.3 Å². The lowest BCUT2D eigenvalue weighted by Gasteiger charge is -2.28. The summed E-state index contributed by atoms with van der Waals surface area (Å²) in [5.74, 6) is -5.66. The molecule has 0 bridgehead atoms. The van der Waals surface area contributed by atoms with Gasteiger partial charge in [0.2, 0.25) is 11.8 Å². The molecule has 2 aromatic carbocycles. The summed E-state index contributed by atoms with van der Waals surface area (Å²) in [5, 5.41) is 30.4. The number of unbranched alkanes of at least 4 members (excludes halogenated alkanes) is 2. The van der Waals surface area contributed by atoms with E-state index in [0.29, 0.717) is 24.3 Å². The minimum atomic E-state index is -1.43. The molecule has 0 aliphatic heterocycles. The van der Waals surface area contributed by atoms with Crippen LogP contribution >= 0.6 is 0 Å². The van der Waals surface area contributed by atoms with Gasteiger partial charge in [0.05, 0.1) is 12.0 Å². The van der Waals surface area contributed by atoms with E-state index in [1.54, 1.807) is 56.3 Å². The van der Waals surface area contributed by atoms with Crippen LogP contribution in [0.15, 0.2) is 48.5 Å². The topological polar surface area (TPSA) is 183 Å². The SMILES string of the molecule is CCCCCN(Cc1ccc(OCc2ccccc2C(=O)O)cc1)C(=O)C(CC(=O)O)NC(=O)C(CC(C)C)C(=O)NO. The van der Waals surface area contributed by atoms with E-state index in [2.05, 4.69) is 5.32 Å². The highest BCUT2D eigenvalue weighted by Gasteiger charge is 2.33. The van der Waals surface area contributed by atoms with Crippen molar-refractivity contribution in [3.8, 4) is 5.75 Å². The van der Waals surface area contributed by atoms with Crippen LogP contribution < -0.4 is 15.5 Å². The molecule has 2 aromatic rings. The van der Waals surface area contributed by atoms with Gasteiger partial charge in [0.25, 0.3) is 5.91 Å². The fraction of sp³-hybridized carbons (Fsp3) is 0.452. The van der Waals surface area contributed by atoms with Crippen molar-refractivity contribution in [2.75, 3.05) is 6.54 Å². The van der Waals surface area contributed by atoms with E-state index in [4.69, 9.17) is 9.94 Å². The Bertz CT molecular complexity index is 1250. The molecule has 5 N–H and O–H groups in total. The summed E-state index contributed by atoms with van der Waals surface area (Å²) in [4.78, 5) is 63.3. The van der Waals surface area contributed by atoms with Gasteiger partial charge >= 0.3 is 11.9 Å². The van der Waals surface area contributed by atoms with Crippen LogP contribution in [0.25, 0.3) is 0 Å². The molecule has 2 atom stereocenters. The molecule has 0 radical (unpaired) electrons. The average Bonchev–Trinajstić information content (AvgIpc) is 2.97. The second-order valence-corrected chi connectivity index (χ2v) is 10.7. The predicted octanol–water partition coefficient (Wildman–Crippen LogP) is 3.61. The maximum absolute atomic E-state index is 13.6. The van der Waals surface area contributed by atoms with Crippen molar-refractivity contribution in [1.82, 2.24) is 15.7 Å². The third-order valence-electron chi connectivity index (χ3n) is 6.73. The first-order chi connectivity index (χ1) is 20.5. The highest BCUT2D eigenvalue weighted by atomic mass is 16.5. The van der Waals surface area contributed by atoms with Crippen LogP contribution in [0.5, 0.6) is 5.75 Å². The first-order valence-electron chi connectivity index (χ1n) is 14.2. The van der Waals surface area contributed by atoms with Crippen molar-refractivity contribution >= 4 is 29.7 Å². The third-order valence-corrected chi connectivity index (χ3v) is 6.73. The summed E-state index contributed by atoms with van der Waals surface area (Å²) in [6.07, 6.45) is 1.78. The van der Waals surface area contributed by atoms with Gasteiger partial charge in [0.15, 0.2) is 0 Å². The average molecular weight is 600 g/mol. The Balaban J connectivity index is 2.21. The number of carboxylic acids is 2. The Morgan fingerprint density at radius 1 is 0.930 bits per heavy atom. The van der Waals surface area contributed by atoms with Gasteiger partial charge < -0.3 is 25.2 Å². The molecule has 0 aliphatic carbocycles. The number of hydroxylamine groups is 1. The van der Waals surface area contributed by atoms with Gasteiger partial charge in [-0.15, -0.1) is 0 Å². The fourth-order valence-electron chi connectivity index (χ4n) is 4.50. The molecular weight excluding hydrogens is 558 g/mol. The van der Waals surface area contributed by atoms with Gasteiger partial charge in [0.1, 0.15) is 24.3 Å². The van der Waals surface area contributed by atoms with Crippen molar-refractivity contribution in [1.29, 1.82) is 0 Å². The van der Waals surface area contributed by atoms with Crippen LogP contribution in [0, 0.1) is 11.8 Å². The van der Waals surface area contributed by atoms with Crippen molar-refractivity contribution in [2.45, 2.75) is 72.1 Å². The molecule has 43 heavy (non-hydrogen) atoms. The predicted molar refractivity (Wildman–Crippen MR) is 156 cm³/mol. The molecule has 0 fully saturated rings. The number of benzene rings is 2. The summed E-state index contributed by atoms with van der Waals surface area (Å²) in [6, 6.07) is 12.0. The maximum atomic E-state index is 13.6. The Labute approximate surface area is 251 Å². The molecule has 2 rings (SSSR count). The molecule has 3 amide bonds. The lowest BCUT2D eigenvalue weighted by molar-refractivity contribution is -0.146. The van der Waals surface area contributed by atoms with Crippen LogP contribution in [0.1, 0.15) is 74.4 Å². The van der Waals surface area contributed by atoms with Crippen LogP contribution in [0.4, 0.5) is 0 Å². The molecule has 0 aromatic heterocycles. The van der Waals surface area contributed by atoms with E-state index >= 15 is 0 Å². The summed E-state index contributed by atoms with van der Waals surface area (Å²) >= 11 is 0. The minimum absolute atomic E-state index is 0.0477. The highest BCUT2D eigenvalue weighted by molar-refractivity contribution is 6.02. The number of carbonyl (C=O) groups excluding carboxylic acids is 3. The van der Waals surface area contributed by atoms with Gasteiger partial charge in [-0.2, -0.15) is 0 Å². The lowest BCUT2D eigenvalue weighted by atomic mass is 9.95. The van der Waals surface area contributed by atoms with Crippen molar-refractivity contribution < 1.29 is 44.1 Å². The molecule has 234 valence electrons. The standard InChI is InChI=1S/C31H41N3O9/c1-4-5-8-15-34(30(39)26(17-27(35)36)32-28(37)25(16-20(2)3)29(38)33-42)18-21-11-13-23(14-12-21)43-19-22-9-6-7-10-24(22)31(40)41/h6-7,9-14,20,25-26,42H,4-5,8,15-19H2,1-3H3,(H,32,37)(H,33,38)(H,35,36)(H,40,41). The molecule has 0 aliphatic rings. The fourth-order valence-corrected chi connectivity index (χ4v) is 4.50. The Kier molecular flexibility index (Phi) is 14.1. The summed E-state index contributed by atoms with van der Waals surface area (Å²) in [5.41, 5.74) is 2.86. The quantitative estimate of drug-likeness (QED) is 0.0739. The molecular formula is C31H41N3O9. The van der Waals surface area contributed by atoms with E-state index in [1.165, 1.54) is 16.4 Å². The molecule has 0 saturated heterocycles. The van der Waals surface area contributed by atoms with Crippen molar-refractivity contribution in [3.63, 3.8) is 0 Å². The Hall–Kier alpha value is -4.45. The number of hydrogen-bond donors (Lipinski definition) is 5. The number of nitrogens with one attached hydrogen (secondary N) is 2. The zero-order chi connectivity index (χ0) is 31.9. The van der Waals surface area contributed by atoms with Gasteiger partial charge in [-0.1, -0.05) is 63.9 Å². The number of aromatic carboxylic acids is 1. The number of rotatable bonds is 18. The van der Waals surface area contributed by atoms with Crippen molar-refractivity contribution in [3.05, 3.63) is 65.2 Å². The van der Waals surface area contributed by atoms with E-state index in [-0.39, 0.29) is 31.1 Å². The molecule has 0 saturated carbocycles. The monoisotopic (exact) mass is 599 g/mol. The van der Waals surface area contributed by atoms with Gasteiger partial charge in [-0.25, -0.2) is 10.3 Å². The molecule has 2 unspecified atom stereocenters. The summed E-state index contributed by atoms with van der Waals surface area (Å²) in [6.45, 7) is 6.07. The smallest absolute Gasteiger partial charge is 0.336 e. The van der Waals surface area contributed by atoms with E-state index < -0.39 is 48.0 Å². The number of ether oxygens (including phenoxy) is 1. The number of aliphatic carboxylic acids is 1. The molecule has 12 heteroatoms. The number of carboxylic acid groups (broad SMARTS) is 2. The zero-order valence-electron chi connectivity index (χ0n) is 24.7. The first kappa shape index (κ1) is 34.7. The summed E-state index contributed by atoms with van der Waals surface area (Å²) < 4.78 is 5.77. The minimum Gasteiger partial charge on any atom is -0.489 e. The first-order valence-corrected chi connectivity index (χ1v) is 14.2. The number of nitrogens with zero attached hydrogens (tertiary/aromatic N) is 1. The Morgan fingerprint density at radius 3 is 2.19 bits per heavy atom. The lowest BCUT2D eigenvalue weighted by Crippen LogP contribution is -2.52. The highest BCUT2D eigenvalue weighted by Crippen LogP contribution is 2.19. The number of hydrogen-bond acceptors (Lipinski definition) is 7. The molecule has 12 nitrogen and oxygen atoms in total. The van der Waals surface area contributed by atoms with E-state index in [0.717, 1.165) is 18.4 Å². The third kappa shape index (κ3) is 11.4. The van der Waals surface area contributed by atoms with Crippen LogP contribution in [0.3, 0.4) is 0 Å². The number of carbonyl (C=O) groups is 5. The zero-order valence-corrected chi connectivity index (χ0v) is 24.7. The Morgan fingerprint density at radius 2 is 1.60 bits per heavy atom. The van der Waals surface area contributed by atoms with Crippen LogP contribution in [0.2, 0.25) is 0 Å². The van der Waals surface area contributed by atoms with Crippen LogP contribution in [-0.4, -0.2) is 62.6 Å². The maximum Gasteiger partial charge on any atom is 0.336 e. The van der Waals surface area contributed by atoms with Gasteiger partial charge in [-0.3, -0.25) is 24.4 Å².